The molecule has 0 aromatic carbocycles. The van der Waals surface area contributed by atoms with Crippen LogP contribution in [0.1, 0.15) is 41.1 Å². The molecular formula is C27H36Cl2N12S2. The Morgan fingerprint density at radius 3 is 2.09 bits per heavy atom. The summed E-state index contributed by atoms with van der Waals surface area (Å²) in [5.74, 6) is 3.46. The maximum Gasteiger partial charge on any atom is 0.197 e. The summed E-state index contributed by atoms with van der Waals surface area (Å²) in [6.45, 7) is 1.44. The van der Waals surface area contributed by atoms with E-state index < -0.39 is 0 Å². The van der Waals surface area contributed by atoms with Crippen LogP contribution in [0, 0.1) is 12.3 Å². The second-order valence-corrected chi connectivity index (χ2v) is 10.4. The molecule has 0 atom stereocenters. The molecule has 16 heteroatoms. The molecule has 0 saturated heterocycles. The van der Waals surface area contributed by atoms with Gasteiger partial charge < -0.3 is 21.4 Å². The van der Waals surface area contributed by atoms with Crippen LogP contribution in [-0.4, -0.2) is 41.5 Å². The van der Waals surface area contributed by atoms with Crippen molar-refractivity contribution >= 4 is 59.4 Å². The smallest absolute Gasteiger partial charge is 0.197 e. The lowest BCUT2D eigenvalue weighted by molar-refractivity contribution is 0.589. The van der Waals surface area contributed by atoms with Gasteiger partial charge in [-0.25, -0.2) is 9.97 Å². The Kier molecular flexibility index (Phi) is 18.7. The Labute approximate surface area is 271 Å². The van der Waals surface area contributed by atoms with Crippen LogP contribution in [0.15, 0.2) is 57.4 Å². The van der Waals surface area contributed by atoms with E-state index in [4.69, 9.17) is 23.4 Å². The van der Waals surface area contributed by atoms with Crippen LogP contribution in [0.25, 0.3) is 10.4 Å². The molecule has 5 rings (SSSR count). The fourth-order valence-corrected chi connectivity index (χ4v) is 4.98. The van der Waals surface area contributed by atoms with E-state index in [1.807, 2.05) is 22.3 Å². The van der Waals surface area contributed by atoms with Crippen molar-refractivity contribution in [2.45, 2.75) is 51.5 Å². The highest BCUT2D eigenvalue weighted by Gasteiger charge is 2.03. The monoisotopic (exact) mass is 662 g/mol. The van der Waals surface area contributed by atoms with Crippen molar-refractivity contribution in [2.75, 3.05) is 18.0 Å². The zero-order valence-corrected chi connectivity index (χ0v) is 26.8. The van der Waals surface area contributed by atoms with Crippen molar-refractivity contribution in [1.29, 1.82) is 0 Å². The number of aromatic nitrogens is 7. The third kappa shape index (κ3) is 15.2. The molecule has 0 radical (unpaired) electrons. The molecular weight excluding hydrogens is 627 g/mol. The molecule has 0 spiro atoms. The molecule has 5 heterocycles. The third-order valence-corrected chi connectivity index (χ3v) is 7.12. The summed E-state index contributed by atoms with van der Waals surface area (Å²) in [5, 5.41) is 20.2. The highest BCUT2D eigenvalue weighted by Crippen LogP contribution is 2.09. The van der Waals surface area contributed by atoms with Gasteiger partial charge in [-0.05, 0) is 82.4 Å². The van der Waals surface area contributed by atoms with Crippen molar-refractivity contribution in [1.82, 2.24) is 34.9 Å². The summed E-state index contributed by atoms with van der Waals surface area (Å²) in [6, 6.07) is 4.19. The first-order chi connectivity index (χ1) is 20.1. The lowest BCUT2D eigenvalue weighted by atomic mass is 10.2. The van der Waals surface area contributed by atoms with Gasteiger partial charge in [0.05, 0.1) is 18.1 Å². The quantitative estimate of drug-likeness (QED) is 0.0543. The zero-order valence-electron chi connectivity index (χ0n) is 23.5. The molecule has 5 aromatic heterocycles. The normalized spacial score (nSPS) is 9.56. The highest BCUT2D eigenvalue weighted by molar-refractivity contribution is 7.08. The van der Waals surface area contributed by atoms with Crippen molar-refractivity contribution in [3.63, 3.8) is 0 Å². The molecule has 5 aromatic rings. The number of thiophene rings is 2. The topological polar surface area (TPSA) is 189 Å². The number of aromatic amines is 2. The number of rotatable bonds is 12. The number of anilines is 2. The highest BCUT2D eigenvalue weighted by atomic mass is 35.5. The second kappa shape index (κ2) is 21.7. The molecule has 0 unspecified atom stereocenters. The minimum absolute atomic E-state index is 0. The summed E-state index contributed by atoms with van der Waals surface area (Å²) in [5.41, 5.74) is 24.5. The van der Waals surface area contributed by atoms with Gasteiger partial charge in [0.2, 0.25) is 0 Å². The van der Waals surface area contributed by atoms with Crippen LogP contribution in [-0.2, 0) is 38.6 Å². The molecule has 6 N–H and O–H groups in total. The number of H-pyrrole nitrogens is 2. The average molecular weight is 664 g/mol. The average Bonchev–Trinajstić information content (AvgIpc) is 3.81. The van der Waals surface area contributed by atoms with Gasteiger partial charge >= 0.3 is 0 Å². The number of hydrogen-bond acceptors (Lipinski definition) is 9. The molecule has 0 aliphatic rings. The van der Waals surface area contributed by atoms with E-state index in [2.05, 4.69) is 68.4 Å². The van der Waals surface area contributed by atoms with E-state index in [1.165, 1.54) is 11.1 Å². The fraction of sp³-hybridized carbons (Fsp3) is 0.333. The minimum Gasteiger partial charge on any atom is -0.369 e. The lowest BCUT2D eigenvalue weighted by Crippen LogP contribution is -2.01. The largest absolute Gasteiger partial charge is 0.369 e. The minimum atomic E-state index is 0. The van der Waals surface area contributed by atoms with Crippen molar-refractivity contribution in [3.05, 3.63) is 90.9 Å². The molecule has 12 nitrogen and oxygen atoms in total. The van der Waals surface area contributed by atoms with Crippen molar-refractivity contribution in [2.24, 2.45) is 5.11 Å². The maximum atomic E-state index is 7.96. The predicted octanol–water partition coefficient (Wildman–Crippen LogP) is 6.07. The summed E-state index contributed by atoms with van der Waals surface area (Å²) < 4.78 is 1.92. The zero-order chi connectivity index (χ0) is 29.1. The summed E-state index contributed by atoms with van der Waals surface area (Å²) in [4.78, 5) is 16.4. The Morgan fingerprint density at radius 1 is 0.930 bits per heavy atom. The van der Waals surface area contributed by atoms with Gasteiger partial charge in [-0.1, -0.05) is 10.3 Å². The molecule has 230 valence electrons. The number of imidazole rings is 2. The number of terminal acetylenes is 1. The first kappa shape index (κ1) is 37.0. The molecule has 43 heavy (non-hydrogen) atoms. The van der Waals surface area contributed by atoms with E-state index in [9.17, 15) is 0 Å². The predicted molar refractivity (Wildman–Crippen MR) is 180 cm³/mol. The number of nitrogens with zero attached hydrogens (tertiary/aromatic N) is 8. The van der Waals surface area contributed by atoms with Gasteiger partial charge in [-0.2, -0.15) is 22.7 Å². The summed E-state index contributed by atoms with van der Waals surface area (Å²) >= 11 is 3.39. The Morgan fingerprint density at radius 2 is 1.56 bits per heavy atom. The molecule has 0 saturated carbocycles. The van der Waals surface area contributed by atoms with Crippen LogP contribution >= 0.6 is 47.5 Å². The number of nitrogens with one attached hydrogen (secondary N) is 2. The number of halogens is 2. The number of aryl methyl sites for hydroxylation is 5. The molecule has 0 amide bonds. The first-order valence-corrected chi connectivity index (χ1v) is 14.9. The summed E-state index contributed by atoms with van der Waals surface area (Å²) in [6.07, 6.45) is 16.8. The van der Waals surface area contributed by atoms with Crippen LogP contribution in [0.2, 0.25) is 0 Å². The number of nitrogen functional groups attached to an aromatic ring is 2. The van der Waals surface area contributed by atoms with Crippen molar-refractivity contribution in [3.8, 4) is 12.3 Å². The Hall–Kier alpha value is -3.99. The van der Waals surface area contributed by atoms with Gasteiger partial charge in [-0.3, -0.25) is 4.68 Å². The Balaban J connectivity index is 0.000000355. The van der Waals surface area contributed by atoms with Crippen LogP contribution < -0.4 is 11.5 Å². The first-order valence-electron chi connectivity index (χ1n) is 13.0. The van der Waals surface area contributed by atoms with E-state index in [0.717, 1.165) is 68.6 Å². The van der Waals surface area contributed by atoms with Crippen LogP contribution in [0.3, 0.4) is 0 Å². The fourth-order valence-electron chi connectivity index (χ4n) is 3.57. The molecule has 0 fully saturated rings. The number of azide groups is 1. The standard InChI is InChI=1S/C14H18N6S.C7H9N3.C6H7N3S.2ClH/c15-14-16-8-12(17-14)2-1-3-13-9-20(19-18-13)6-4-11-5-7-21-10-11;1-2-3-4-6-5-9-7(8)10-6;7-9-8-3-1-6-2-4-10-5-6;;/h5,7-10H,1-4,6H2,(H3,15,16,17);1,5H,3-4H2,(H3,8,9,10);2,4-5H,1,3H2;2*1H. The van der Waals surface area contributed by atoms with E-state index in [1.54, 1.807) is 35.1 Å². The molecule has 0 aliphatic heterocycles. The van der Waals surface area contributed by atoms with Gasteiger partial charge in [0.1, 0.15) is 0 Å². The Bertz CT molecular complexity index is 1480. The van der Waals surface area contributed by atoms with E-state index in [-0.39, 0.29) is 24.8 Å². The number of hydrogen-bond donors (Lipinski definition) is 4. The van der Waals surface area contributed by atoms with E-state index in [0.29, 0.717) is 18.4 Å². The third-order valence-electron chi connectivity index (χ3n) is 5.65. The van der Waals surface area contributed by atoms with Gasteiger partial charge in [-0.15, -0.1) is 42.3 Å². The molecule has 0 bridgehead atoms. The second-order valence-electron chi connectivity index (χ2n) is 8.84. The lowest BCUT2D eigenvalue weighted by Gasteiger charge is -1.98. The summed E-state index contributed by atoms with van der Waals surface area (Å²) in [7, 11) is 0. The SMILES string of the molecule is C#CCCc1cnc(N)[nH]1.Cl.Cl.Nc1ncc(CCCc2cn(CCc3ccsc3)nn2)[nH]1.[N-]=[N+]=NCCc1ccsc1. The van der Waals surface area contributed by atoms with Gasteiger partial charge in [0.15, 0.2) is 11.9 Å². The van der Waals surface area contributed by atoms with E-state index >= 15 is 0 Å². The maximum absolute atomic E-state index is 7.96. The van der Waals surface area contributed by atoms with Crippen LogP contribution in [0.4, 0.5) is 11.9 Å². The number of nitrogens with two attached hydrogens (primary N) is 2. The van der Waals surface area contributed by atoms with Gasteiger partial charge in [0, 0.05) is 48.4 Å². The van der Waals surface area contributed by atoms with Gasteiger partial charge in [0.25, 0.3) is 0 Å². The van der Waals surface area contributed by atoms with Crippen LogP contribution in [0.5, 0.6) is 0 Å². The van der Waals surface area contributed by atoms with Crippen molar-refractivity contribution < 1.29 is 0 Å². The molecule has 0 aliphatic carbocycles.